The molecule has 146 valence electrons. The number of nitrogens with zero attached hydrogens (tertiary/aromatic N) is 1. The quantitative estimate of drug-likeness (QED) is 0.605. The van der Waals surface area contributed by atoms with Crippen LogP contribution in [0.15, 0.2) is 24.3 Å². The van der Waals surface area contributed by atoms with Gasteiger partial charge >= 0.3 is 10.1 Å². The van der Waals surface area contributed by atoms with E-state index in [0.29, 0.717) is 13.1 Å². The number of amides is 1. The molecule has 1 aliphatic rings. The number of methoxy groups -OCH3 is 1. The van der Waals surface area contributed by atoms with Crippen molar-refractivity contribution >= 4 is 16.0 Å². The molecule has 26 heavy (non-hydrogen) atoms. The lowest BCUT2D eigenvalue weighted by atomic mass is 10.1. The standard InChI is InChI=1S/C18H27NO6S/c1-14(2)26(21,22)25-16-8-6-15(7-9-16)11-19(18(20)13-23-3)12-17-5-4-10-24-17/h6-9,14,17H,4-5,10-13H2,1-3H3. The molecule has 1 unspecified atom stereocenters. The van der Waals surface area contributed by atoms with Gasteiger partial charge in [0.15, 0.2) is 0 Å². The van der Waals surface area contributed by atoms with Crippen LogP contribution in [0.2, 0.25) is 0 Å². The van der Waals surface area contributed by atoms with E-state index in [1.54, 1.807) is 43.0 Å². The highest BCUT2D eigenvalue weighted by Gasteiger charge is 2.23. The zero-order valence-corrected chi connectivity index (χ0v) is 16.3. The molecule has 8 heteroatoms. The van der Waals surface area contributed by atoms with Gasteiger partial charge in [-0.15, -0.1) is 0 Å². The zero-order chi connectivity index (χ0) is 19.2. The van der Waals surface area contributed by atoms with Crippen molar-refractivity contribution in [3.63, 3.8) is 0 Å². The van der Waals surface area contributed by atoms with Crippen LogP contribution in [0.4, 0.5) is 0 Å². The van der Waals surface area contributed by atoms with Crippen LogP contribution in [0.5, 0.6) is 5.75 Å². The van der Waals surface area contributed by atoms with Gasteiger partial charge in [0.2, 0.25) is 5.91 Å². The summed E-state index contributed by atoms with van der Waals surface area (Å²) in [4.78, 5) is 14.0. The summed E-state index contributed by atoms with van der Waals surface area (Å²) in [5.41, 5.74) is 0.877. The summed E-state index contributed by atoms with van der Waals surface area (Å²) in [6.07, 6.45) is 2.00. The lowest BCUT2D eigenvalue weighted by Gasteiger charge is -2.25. The predicted molar refractivity (Wildman–Crippen MR) is 97.4 cm³/mol. The number of benzene rings is 1. The van der Waals surface area contributed by atoms with E-state index in [9.17, 15) is 13.2 Å². The predicted octanol–water partition coefficient (Wildman–Crippen LogP) is 1.96. The summed E-state index contributed by atoms with van der Waals surface area (Å²) in [5.74, 6) is 0.155. The fraction of sp³-hybridized carbons (Fsp3) is 0.611. The lowest BCUT2D eigenvalue weighted by Crippen LogP contribution is -2.38. The SMILES string of the molecule is COCC(=O)N(Cc1ccc(OS(=O)(=O)C(C)C)cc1)CC1CCCO1. The average Bonchev–Trinajstić information content (AvgIpc) is 3.09. The maximum atomic E-state index is 12.3. The fourth-order valence-electron chi connectivity index (χ4n) is 2.60. The van der Waals surface area contributed by atoms with E-state index in [2.05, 4.69) is 0 Å². The third kappa shape index (κ3) is 5.96. The molecule has 1 amide bonds. The first-order valence-electron chi connectivity index (χ1n) is 8.72. The fourth-order valence-corrected chi connectivity index (χ4v) is 3.18. The minimum Gasteiger partial charge on any atom is -0.382 e. The van der Waals surface area contributed by atoms with Crippen LogP contribution in [-0.2, 0) is 30.9 Å². The van der Waals surface area contributed by atoms with Crippen molar-refractivity contribution in [1.29, 1.82) is 0 Å². The molecule has 0 N–H and O–H groups in total. The summed E-state index contributed by atoms with van der Waals surface area (Å²) < 4.78 is 39.3. The van der Waals surface area contributed by atoms with Crippen molar-refractivity contribution in [3.05, 3.63) is 29.8 Å². The molecule has 2 rings (SSSR count). The summed E-state index contributed by atoms with van der Waals surface area (Å²) in [6.45, 7) is 4.79. The molecule has 1 aromatic rings. The summed E-state index contributed by atoms with van der Waals surface area (Å²) in [5, 5.41) is -0.615. The normalized spacial score (nSPS) is 17.5. The highest BCUT2D eigenvalue weighted by molar-refractivity contribution is 7.87. The van der Waals surface area contributed by atoms with Gasteiger partial charge in [0.1, 0.15) is 12.4 Å². The third-order valence-electron chi connectivity index (χ3n) is 4.16. The van der Waals surface area contributed by atoms with E-state index in [1.165, 1.54) is 7.11 Å². The van der Waals surface area contributed by atoms with Crippen LogP contribution in [0, 0.1) is 0 Å². The number of carbonyl (C=O) groups is 1. The Balaban J connectivity index is 2.03. The van der Waals surface area contributed by atoms with Crippen molar-refractivity contribution in [2.24, 2.45) is 0 Å². The van der Waals surface area contributed by atoms with Gasteiger partial charge in [-0.05, 0) is 44.4 Å². The summed E-state index contributed by atoms with van der Waals surface area (Å²) in [6, 6.07) is 6.71. The molecule has 1 aromatic carbocycles. The van der Waals surface area contributed by atoms with E-state index in [0.717, 1.165) is 25.0 Å². The van der Waals surface area contributed by atoms with Crippen LogP contribution in [0.1, 0.15) is 32.3 Å². The first-order chi connectivity index (χ1) is 12.3. The zero-order valence-electron chi connectivity index (χ0n) is 15.5. The highest BCUT2D eigenvalue weighted by atomic mass is 32.2. The Morgan fingerprint density at radius 2 is 2.00 bits per heavy atom. The molecule has 0 aromatic heterocycles. The van der Waals surface area contributed by atoms with Gasteiger partial charge in [-0.3, -0.25) is 4.79 Å². The highest BCUT2D eigenvalue weighted by Crippen LogP contribution is 2.19. The Kier molecular flexibility index (Phi) is 7.43. The lowest BCUT2D eigenvalue weighted by molar-refractivity contribution is -0.137. The first kappa shape index (κ1) is 20.7. The molecule has 1 atom stereocenters. The minimum absolute atomic E-state index is 0.0144. The van der Waals surface area contributed by atoms with Gasteiger partial charge in [0.25, 0.3) is 0 Å². The monoisotopic (exact) mass is 385 g/mol. The van der Waals surface area contributed by atoms with Gasteiger partial charge in [-0.2, -0.15) is 8.42 Å². The molecule has 0 spiro atoms. The maximum absolute atomic E-state index is 12.3. The number of ether oxygens (including phenoxy) is 2. The number of hydrogen-bond acceptors (Lipinski definition) is 6. The summed E-state index contributed by atoms with van der Waals surface area (Å²) >= 11 is 0. The van der Waals surface area contributed by atoms with Crippen LogP contribution < -0.4 is 4.18 Å². The summed E-state index contributed by atoms with van der Waals surface area (Å²) in [7, 11) is -2.13. The van der Waals surface area contributed by atoms with Gasteiger partial charge in [-0.1, -0.05) is 12.1 Å². The molecule has 1 aliphatic heterocycles. The molecule has 0 radical (unpaired) electrons. The second-order valence-electron chi connectivity index (χ2n) is 6.61. The van der Waals surface area contributed by atoms with Crippen molar-refractivity contribution in [2.75, 3.05) is 26.9 Å². The van der Waals surface area contributed by atoms with E-state index >= 15 is 0 Å². The maximum Gasteiger partial charge on any atom is 0.311 e. The second kappa shape index (κ2) is 9.34. The Morgan fingerprint density at radius 3 is 2.54 bits per heavy atom. The van der Waals surface area contributed by atoms with E-state index < -0.39 is 15.4 Å². The molecule has 7 nitrogen and oxygen atoms in total. The topological polar surface area (TPSA) is 82.1 Å². The van der Waals surface area contributed by atoms with Crippen molar-refractivity contribution < 1.29 is 26.9 Å². The Labute approximate surface area is 155 Å². The Morgan fingerprint density at radius 1 is 1.31 bits per heavy atom. The van der Waals surface area contributed by atoms with Gasteiger partial charge in [0.05, 0.1) is 11.4 Å². The molecular weight excluding hydrogens is 358 g/mol. The first-order valence-corrected chi connectivity index (χ1v) is 10.2. The molecule has 1 heterocycles. The number of hydrogen-bond donors (Lipinski definition) is 0. The number of carbonyl (C=O) groups excluding carboxylic acids is 1. The van der Waals surface area contributed by atoms with Crippen molar-refractivity contribution in [3.8, 4) is 5.75 Å². The average molecular weight is 385 g/mol. The molecule has 0 bridgehead atoms. The number of rotatable bonds is 9. The van der Waals surface area contributed by atoms with E-state index in [-0.39, 0.29) is 24.4 Å². The van der Waals surface area contributed by atoms with E-state index in [4.69, 9.17) is 13.7 Å². The van der Waals surface area contributed by atoms with Gasteiger partial charge in [-0.25, -0.2) is 0 Å². The van der Waals surface area contributed by atoms with Crippen LogP contribution in [-0.4, -0.2) is 57.4 Å². The largest absolute Gasteiger partial charge is 0.382 e. The van der Waals surface area contributed by atoms with Gasteiger partial charge < -0.3 is 18.6 Å². The van der Waals surface area contributed by atoms with Crippen molar-refractivity contribution in [2.45, 2.75) is 44.6 Å². The van der Waals surface area contributed by atoms with Crippen molar-refractivity contribution in [1.82, 2.24) is 4.90 Å². The van der Waals surface area contributed by atoms with Crippen LogP contribution >= 0.6 is 0 Å². The minimum atomic E-state index is -3.62. The van der Waals surface area contributed by atoms with Gasteiger partial charge in [0, 0.05) is 26.8 Å². The Hall–Kier alpha value is -1.64. The molecule has 1 saturated heterocycles. The molecule has 0 aliphatic carbocycles. The molecular formula is C18H27NO6S. The second-order valence-corrected chi connectivity index (χ2v) is 8.71. The smallest absolute Gasteiger partial charge is 0.311 e. The Bertz CT molecular complexity index is 680. The third-order valence-corrected chi connectivity index (χ3v) is 5.73. The molecule has 1 fully saturated rings. The van der Waals surface area contributed by atoms with Crippen LogP contribution in [0.3, 0.4) is 0 Å². The molecule has 0 saturated carbocycles. The van der Waals surface area contributed by atoms with E-state index in [1.807, 2.05) is 0 Å². The van der Waals surface area contributed by atoms with Crippen LogP contribution in [0.25, 0.3) is 0 Å².